The van der Waals surface area contributed by atoms with Gasteiger partial charge in [-0.25, -0.2) is 4.99 Å². The fourth-order valence-electron chi connectivity index (χ4n) is 3.58. The molecule has 1 amide bonds. The minimum Gasteiger partial charge on any atom is -0.387 e. The van der Waals surface area contributed by atoms with Crippen molar-refractivity contribution in [3.8, 4) is 11.1 Å². The fraction of sp³-hybridized carbons (Fsp3) is 0.280. The molecule has 0 radical (unpaired) electrons. The molecule has 2 N–H and O–H groups in total. The summed E-state index contributed by atoms with van der Waals surface area (Å²) in [5.74, 6) is 0.527. The quantitative estimate of drug-likeness (QED) is 0.689. The third-order valence-electron chi connectivity index (χ3n) is 5.02. The first-order valence-corrected chi connectivity index (χ1v) is 10.3. The number of carbonyl (C=O) groups excluding carboxylic acids is 1. The number of amidine groups is 1. The first kappa shape index (κ1) is 20.6. The highest BCUT2D eigenvalue weighted by atomic mass is 16.2. The third-order valence-corrected chi connectivity index (χ3v) is 5.02. The van der Waals surface area contributed by atoms with Gasteiger partial charge in [0.15, 0.2) is 0 Å². The van der Waals surface area contributed by atoms with Crippen LogP contribution in [0.2, 0.25) is 0 Å². The summed E-state index contributed by atoms with van der Waals surface area (Å²) in [7, 11) is 0. The van der Waals surface area contributed by atoms with E-state index >= 15 is 0 Å². The molecule has 2 aromatic rings. The second kappa shape index (κ2) is 9.37. The summed E-state index contributed by atoms with van der Waals surface area (Å²) in [6.45, 7) is 9.49. The van der Waals surface area contributed by atoms with Gasteiger partial charge in [-0.1, -0.05) is 62.9 Å². The van der Waals surface area contributed by atoms with Crippen molar-refractivity contribution in [2.45, 2.75) is 33.1 Å². The molecule has 4 heteroatoms. The lowest BCUT2D eigenvalue weighted by Gasteiger charge is -2.22. The number of nitrogens with two attached hydrogens (primary N) is 1. The van der Waals surface area contributed by atoms with E-state index in [0.717, 1.165) is 53.9 Å². The Kier molecular flexibility index (Phi) is 6.65. The SMILES string of the molecule is C=Cc1ccc(-c2ccc3c(c2)N=C(N)CC(C(=O)N(CCC)CCC)=C3)cc1. The highest BCUT2D eigenvalue weighted by Gasteiger charge is 2.21. The van der Waals surface area contributed by atoms with Gasteiger partial charge in [0, 0.05) is 30.6 Å². The van der Waals surface area contributed by atoms with E-state index in [1.54, 1.807) is 0 Å². The molecule has 1 aliphatic heterocycles. The van der Waals surface area contributed by atoms with E-state index in [1.807, 2.05) is 41.3 Å². The first-order chi connectivity index (χ1) is 14.0. The maximum Gasteiger partial charge on any atom is 0.250 e. The highest BCUT2D eigenvalue weighted by Crippen LogP contribution is 2.32. The molecular weight excluding hydrogens is 358 g/mol. The van der Waals surface area contributed by atoms with Gasteiger partial charge >= 0.3 is 0 Å². The summed E-state index contributed by atoms with van der Waals surface area (Å²) in [5.41, 5.74) is 11.9. The largest absolute Gasteiger partial charge is 0.387 e. The molecule has 0 unspecified atom stereocenters. The van der Waals surface area contributed by atoms with Gasteiger partial charge < -0.3 is 10.6 Å². The second-order valence-electron chi connectivity index (χ2n) is 7.34. The molecule has 2 aromatic carbocycles. The number of fused-ring (bicyclic) bond motifs is 1. The predicted octanol–water partition coefficient (Wildman–Crippen LogP) is 5.42. The molecule has 0 aromatic heterocycles. The van der Waals surface area contributed by atoms with E-state index in [4.69, 9.17) is 5.73 Å². The van der Waals surface area contributed by atoms with Gasteiger partial charge in [-0.3, -0.25) is 4.79 Å². The standard InChI is InChI=1S/C25H29N3O/c1-4-13-28(14-5-2)25(29)22-15-21-12-11-20(16-23(21)27-24(26)17-22)19-9-7-18(6-3)8-10-19/h6-12,15-16H,3-5,13-14,17H2,1-2H3,(H2,26,27). The van der Waals surface area contributed by atoms with Crippen LogP contribution in [-0.4, -0.2) is 29.7 Å². The van der Waals surface area contributed by atoms with Gasteiger partial charge in [-0.2, -0.15) is 0 Å². The Balaban J connectivity index is 1.95. The van der Waals surface area contributed by atoms with Crippen LogP contribution in [0.25, 0.3) is 23.3 Å². The van der Waals surface area contributed by atoms with Crippen molar-refractivity contribution >= 4 is 29.6 Å². The molecule has 0 aliphatic carbocycles. The van der Waals surface area contributed by atoms with Crippen LogP contribution in [0.3, 0.4) is 0 Å². The molecule has 0 atom stereocenters. The van der Waals surface area contributed by atoms with Crippen LogP contribution >= 0.6 is 0 Å². The normalized spacial score (nSPS) is 13.0. The van der Waals surface area contributed by atoms with Crippen molar-refractivity contribution < 1.29 is 4.79 Å². The van der Waals surface area contributed by atoms with E-state index in [1.165, 1.54) is 0 Å². The Labute approximate surface area is 173 Å². The molecule has 0 bridgehead atoms. The molecular formula is C25H29N3O. The van der Waals surface area contributed by atoms with E-state index in [9.17, 15) is 4.79 Å². The molecule has 0 saturated carbocycles. The first-order valence-electron chi connectivity index (χ1n) is 10.3. The van der Waals surface area contributed by atoms with Crippen LogP contribution in [0.15, 0.2) is 59.6 Å². The monoisotopic (exact) mass is 387 g/mol. The molecule has 0 spiro atoms. The summed E-state index contributed by atoms with van der Waals surface area (Å²) in [6.07, 6.45) is 6.03. The van der Waals surface area contributed by atoms with E-state index in [-0.39, 0.29) is 5.91 Å². The number of hydrogen-bond acceptors (Lipinski definition) is 3. The number of benzene rings is 2. The minimum absolute atomic E-state index is 0.0591. The molecule has 1 aliphatic rings. The van der Waals surface area contributed by atoms with Crippen molar-refractivity contribution in [1.82, 2.24) is 4.90 Å². The Hall–Kier alpha value is -3.14. The van der Waals surface area contributed by atoms with E-state index < -0.39 is 0 Å². The maximum atomic E-state index is 13.1. The number of rotatable bonds is 7. The maximum absolute atomic E-state index is 13.1. The van der Waals surface area contributed by atoms with Crippen molar-refractivity contribution in [2.75, 3.05) is 13.1 Å². The number of amides is 1. The lowest BCUT2D eigenvalue weighted by molar-refractivity contribution is -0.127. The van der Waals surface area contributed by atoms with Gasteiger partial charge in [0.2, 0.25) is 5.91 Å². The Morgan fingerprint density at radius 2 is 1.76 bits per heavy atom. The third kappa shape index (κ3) is 4.83. The highest BCUT2D eigenvalue weighted by molar-refractivity contribution is 6.05. The summed E-state index contributed by atoms with van der Waals surface area (Å²) in [6, 6.07) is 14.3. The summed E-state index contributed by atoms with van der Waals surface area (Å²) < 4.78 is 0. The Morgan fingerprint density at radius 1 is 1.10 bits per heavy atom. The van der Waals surface area contributed by atoms with Crippen molar-refractivity contribution in [3.05, 3.63) is 65.7 Å². The Bertz CT molecular complexity index is 949. The van der Waals surface area contributed by atoms with Gasteiger partial charge in [-0.05, 0) is 41.7 Å². The van der Waals surface area contributed by atoms with Gasteiger partial charge in [0.1, 0.15) is 5.84 Å². The zero-order chi connectivity index (χ0) is 20.8. The number of hydrogen-bond donors (Lipinski definition) is 1. The topological polar surface area (TPSA) is 58.7 Å². The van der Waals surface area contributed by atoms with Crippen LogP contribution < -0.4 is 5.73 Å². The zero-order valence-corrected chi connectivity index (χ0v) is 17.3. The second-order valence-corrected chi connectivity index (χ2v) is 7.34. The fourth-order valence-corrected chi connectivity index (χ4v) is 3.58. The minimum atomic E-state index is 0.0591. The lowest BCUT2D eigenvalue weighted by atomic mass is 10.00. The molecule has 4 nitrogen and oxygen atoms in total. The van der Waals surface area contributed by atoms with Crippen LogP contribution in [-0.2, 0) is 4.79 Å². The molecule has 3 rings (SSSR count). The van der Waals surface area contributed by atoms with Gasteiger partial charge in [0.25, 0.3) is 0 Å². The van der Waals surface area contributed by atoms with E-state index in [0.29, 0.717) is 17.8 Å². The van der Waals surface area contributed by atoms with Gasteiger partial charge in [-0.15, -0.1) is 0 Å². The summed E-state index contributed by atoms with van der Waals surface area (Å²) in [5, 5.41) is 0. The number of carbonyl (C=O) groups is 1. The molecule has 150 valence electrons. The molecule has 0 fully saturated rings. The van der Waals surface area contributed by atoms with Crippen molar-refractivity contribution in [3.63, 3.8) is 0 Å². The lowest BCUT2D eigenvalue weighted by Crippen LogP contribution is -2.34. The van der Waals surface area contributed by atoms with E-state index in [2.05, 4.69) is 43.6 Å². The van der Waals surface area contributed by atoms with Crippen LogP contribution in [0, 0.1) is 0 Å². The summed E-state index contributed by atoms with van der Waals surface area (Å²) >= 11 is 0. The zero-order valence-electron chi connectivity index (χ0n) is 17.3. The molecule has 0 saturated heterocycles. The average molecular weight is 388 g/mol. The Morgan fingerprint density at radius 3 is 2.38 bits per heavy atom. The number of aliphatic imine (C=N–C) groups is 1. The summed E-state index contributed by atoms with van der Waals surface area (Å²) in [4.78, 5) is 19.6. The van der Waals surface area contributed by atoms with Gasteiger partial charge in [0.05, 0.1) is 5.69 Å². The van der Waals surface area contributed by atoms with Crippen LogP contribution in [0.4, 0.5) is 5.69 Å². The smallest absolute Gasteiger partial charge is 0.250 e. The molecule has 29 heavy (non-hydrogen) atoms. The van der Waals surface area contributed by atoms with Crippen LogP contribution in [0.1, 0.15) is 44.2 Å². The van der Waals surface area contributed by atoms with Crippen molar-refractivity contribution in [1.29, 1.82) is 0 Å². The molecule has 1 heterocycles. The van der Waals surface area contributed by atoms with Crippen molar-refractivity contribution in [2.24, 2.45) is 10.7 Å². The predicted molar refractivity (Wildman–Crippen MR) is 123 cm³/mol. The average Bonchev–Trinajstić information content (AvgIpc) is 2.90. The van der Waals surface area contributed by atoms with Crippen LogP contribution in [0.5, 0.6) is 0 Å². The number of nitrogens with zero attached hydrogens (tertiary/aromatic N) is 2.